The second-order valence-electron chi connectivity index (χ2n) is 4.76. The first-order valence-electron chi connectivity index (χ1n) is 7.12. The van der Waals surface area contributed by atoms with Crippen molar-refractivity contribution in [3.05, 3.63) is 77.2 Å². The zero-order valence-corrected chi connectivity index (χ0v) is 13.0. The summed E-state index contributed by atoms with van der Waals surface area (Å²) in [7, 11) is 1.16. The zero-order valence-electron chi connectivity index (χ0n) is 13.0. The minimum absolute atomic E-state index is 0.0425. The summed E-state index contributed by atoms with van der Waals surface area (Å²) in [6.07, 6.45) is 0.345. The number of amides is 1. The Hall–Kier alpha value is -3.15. The van der Waals surface area contributed by atoms with Crippen molar-refractivity contribution < 1.29 is 23.5 Å². The van der Waals surface area contributed by atoms with Gasteiger partial charge in [-0.25, -0.2) is 14.0 Å². The third kappa shape index (κ3) is 4.95. The molecular weight excluding hydrogens is 313 g/mol. The molecule has 6 heteroatoms. The van der Waals surface area contributed by atoms with Crippen LogP contribution in [0.4, 0.5) is 9.18 Å². The number of esters is 1. The summed E-state index contributed by atoms with van der Waals surface area (Å²) in [5.41, 5.74) is 0.715. The van der Waals surface area contributed by atoms with Crippen LogP contribution in [0.5, 0.6) is 0 Å². The fraction of sp³-hybridized carbons (Fsp3) is 0.111. The van der Waals surface area contributed by atoms with E-state index in [-0.39, 0.29) is 17.9 Å². The van der Waals surface area contributed by atoms with Gasteiger partial charge in [-0.05, 0) is 17.7 Å². The van der Waals surface area contributed by atoms with Gasteiger partial charge in [0.05, 0.1) is 7.11 Å². The molecule has 0 spiro atoms. The lowest BCUT2D eigenvalue weighted by atomic mass is 10.2. The molecule has 2 aromatic rings. The molecule has 0 saturated heterocycles. The number of methoxy groups -OCH3 is 1. The van der Waals surface area contributed by atoms with Crippen molar-refractivity contribution in [3.8, 4) is 0 Å². The quantitative estimate of drug-likeness (QED) is 0.675. The first-order chi connectivity index (χ1) is 11.6. The number of rotatable bonds is 5. The highest BCUT2D eigenvalue weighted by Crippen LogP contribution is 2.11. The number of alkyl carbamates (subject to hydrolysis) is 1. The van der Waals surface area contributed by atoms with Gasteiger partial charge in [-0.15, -0.1) is 0 Å². The summed E-state index contributed by atoms with van der Waals surface area (Å²) in [6, 6.07) is 14.9. The van der Waals surface area contributed by atoms with Crippen molar-refractivity contribution in [2.75, 3.05) is 7.11 Å². The molecular formula is C18H16FNO4. The van der Waals surface area contributed by atoms with Crippen molar-refractivity contribution in [1.29, 1.82) is 0 Å². The molecule has 0 radical (unpaired) electrons. The fourth-order valence-electron chi connectivity index (χ4n) is 1.87. The van der Waals surface area contributed by atoms with Gasteiger partial charge < -0.3 is 9.47 Å². The molecule has 0 atom stereocenters. The summed E-state index contributed by atoms with van der Waals surface area (Å²) >= 11 is 0. The number of hydrogen-bond donors (Lipinski definition) is 1. The molecule has 5 nitrogen and oxygen atoms in total. The molecule has 0 aliphatic rings. The highest BCUT2D eigenvalue weighted by atomic mass is 19.1. The minimum atomic E-state index is -0.841. The number of hydrogen-bond acceptors (Lipinski definition) is 4. The average Bonchev–Trinajstić information content (AvgIpc) is 2.61. The van der Waals surface area contributed by atoms with E-state index in [2.05, 4.69) is 10.1 Å². The number of ether oxygens (including phenoxy) is 2. The van der Waals surface area contributed by atoms with Crippen LogP contribution < -0.4 is 5.32 Å². The SMILES string of the molecule is COC(=O)/C(=C/c1ccccc1F)NC(=O)OCc1ccccc1. The summed E-state index contributed by atoms with van der Waals surface area (Å²) in [5.74, 6) is -1.34. The van der Waals surface area contributed by atoms with Gasteiger partial charge in [0.15, 0.2) is 0 Å². The van der Waals surface area contributed by atoms with Crippen molar-refractivity contribution in [3.63, 3.8) is 0 Å². The van der Waals surface area contributed by atoms with Crippen LogP contribution in [0.15, 0.2) is 60.3 Å². The predicted molar refractivity (Wildman–Crippen MR) is 86.2 cm³/mol. The van der Waals surface area contributed by atoms with Gasteiger partial charge in [0.1, 0.15) is 18.1 Å². The Bertz CT molecular complexity index is 744. The lowest BCUT2D eigenvalue weighted by Gasteiger charge is -2.09. The normalized spacial score (nSPS) is 10.8. The van der Waals surface area contributed by atoms with E-state index in [9.17, 15) is 14.0 Å². The maximum atomic E-state index is 13.7. The molecule has 0 aromatic heterocycles. The molecule has 0 heterocycles. The maximum absolute atomic E-state index is 13.7. The van der Waals surface area contributed by atoms with E-state index >= 15 is 0 Å². The molecule has 2 aromatic carbocycles. The van der Waals surface area contributed by atoms with Gasteiger partial charge in [-0.2, -0.15) is 0 Å². The smallest absolute Gasteiger partial charge is 0.412 e. The van der Waals surface area contributed by atoms with E-state index in [1.54, 1.807) is 18.2 Å². The monoisotopic (exact) mass is 329 g/mol. The molecule has 0 saturated carbocycles. The number of carbonyl (C=O) groups excluding carboxylic acids is 2. The Morgan fingerprint density at radius 1 is 1.08 bits per heavy atom. The molecule has 0 aliphatic heterocycles. The largest absolute Gasteiger partial charge is 0.464 e. The Kier molecular flexibility index (Phi) is 6.08. The molecule has 1 amide bonds. The van der Waals surface area contributed by atoms with Gasteiger partial charge in [-0.3, -0.25) is 5.32 Å². The molecule has 124 valence electrons. The van der Waals surface area contributed by atoms with Crippen LogP contribution in [0.3, 0.4) is 0 Å². The van der Waals surface area contributed by atoms with Crippen molar-refractivity contribution in [2.24, 2.45) is 0 Å². The van der Waals surface area contributed by atoms with Gasteiger partial charge in [0, 0.05) is 5.56 Å². The van der Waals surface area contributed by atoms with Gasteiger partial charge in [0.25, 0.3) is 0 Å². The van der Waals surface area contributed by atoms with Gasteiger partial charge >= 0.3 is 12.1 Å². The summed E-state index contributed by atoms with van der Waals surface area (Å²) in [6.45, 7) is 0.0425. The number of carbonyl (C=O) groups is 2. The highest BCUT2D eigenvalue weighted by molar-refractivity contribution is 5.96. The topological polar surface area (TPSA) is 64.6 Å². The predicted octanol–water partition coefficient (Wildman–Crippen LogP) is 3.27. The average molecular weight is 329 g/mol. The molecule has 0 bridgehead atoms. The van der Waals surface area contributed by atoms with Crippen LogP contribution >= 0.6 is 0 Å². The lowest BCUT2D eigenvalue weighted by Crippen LogP contribution is -2.28. The third-order valence-electron chi connectivity index (χ3n) is 3.06. The van der Waals surface area contributed by atoms with Crippen LogP contribution in [0.1, 0.15) is 11.1 Å². The second-order valence-corrected chi connectivity index (χ2v) is 4.76. The minimum Gasteiger partial charge on any atom is -0.464 e. The summed E-state index contributed by atoms with van der Waals surface area (Å²) < 4.78 is 23.3. The van der Waals surface area contributed by atoms with E-state index in [0.29, 0.717) is 0 Å². The summed E-state index contributed by atoms with van der Waals surface area (Å²) in [4.78, 5) is 23.6. The van der Waals surface area contributed by atoms with Crippen LogP contribution in [0.2, 0.25) is 0 Å². The zero-order chi connectivity index (χ0) is 17.4. The van der Waals surface area contributed by atoms with Crippen LogP contribution in [0.25, 0.3) is 6.08 Å². The first-order valence-corrected chi connectivity index (χ1v) is 7.12. The van der Waals surface area contributed by atoms with E-state index in [1.807, 2.05) is 18.2 Å². The highest BCUT2D eigenvalue weighted by Gasteiger charge is 2.15. The second kappa shape index (κ2) is 8.47. The molecule has 0 fully saturated rings. The van der Waals surface area contributed by atoms with E-state index in [1.165, 1.54) is 24.3 Å². The van der Waals surface area contributed by atoms with Crippen molar-refractivity contribution >= 4 is 18.1 Å². The van der Waals surface area contributed by atoms with E-state index in [0.717, 1.165) is 12.7 Å². The first kappa shape index (κ1) is 17.2. The molecule has 0 unspecified atom stereocenters. The summed E-state index contributed by atoms with van der Waals surface area (Å²) in [5, 5.41) is 2.27. The Morgan fingerprint density at radius 2 is 1.75 bits per heavy atom. The van der Waals surface area contributed by atoms with E-state index < -0.39 is 17.9 Å². The van der Waals surface area contributed by atoms with E-state index in [4.69, 9.17) is 4.74 Å². The van der Waals surface area contributed by atoms with Crippen LogP contribution in [0, 0.1) is 5.82 Å². The Balaban J connectivity index is 2.07. The van der Waals surface area contributed by atoms with Gasteiger partial charge in [-0.1, -0.05) is 48.5 Å². The van der Waals surface area contributed by atoms with Gasteiger partial charge in [0.2, 0.25) is 0 Å². The third-order valence-corrected chi connectivity index (χ3v) is 3.06. The molecule has 24 heavy (non-hydrogen) atoms. The fourth-order valence-corrected chi connectivity index (χ4v) is 1.87. The number of halogens is 1. The number of nitrogens with one attached hydrogen (secondary N) is 1. The maximum Gasteiger partial charge on any atom is 0.412 e. The van der Waals surface area contributed by atoms with Crippen molar-refractivity contribution in [1.82, 2.24) is 5.32 Å². The Labute approximate surface area is 138 Å². The molecule has 0 aliphatic carbocycles. The van der Waals surface area contributed by atoms with Crippen LogP contribution in [-0.2, 0) is 20.9 Å². The number of benzene rings is 2. The Morgan fingerprint density at radius 3 is 2.42 bits per heavy atom. The standard InChI is InChI=1S/C18H16FNO4/c1-23-17(21)16(11-14-9-5-6-10-15(14)19)20-18(22)24-12-13-7-3-2-4-8-13/h2-11H,12H2,1H3,(H,20,22)/b16-11-. The lowest BCUT2D eigenvalue weighted by molar-refractivity contribution is -0.136. The molecule has 1 N–H and O–H groups in total. The van der Waals surface area contributed by atoms with Crippen molar-refractivity contribution in [2.45, 2.75) is 6.61 Å². The molecule has 2 rings (SSSR count). The van der Waals surface area contributed by atoms with Crippen LogP contribution in [-0.4, -0.2) is 19.2 Å².